The molecule has 8 heteroatoms. The molecule has 1 aromatic carbocycles. The Hall–Kier alpha value is -2.58. The van der Waals surface area contributed by atoms with Gasteiger partial charge in [0.15, 0.2) is 5.76 Å². The first-order valence-corrected chi connectivity index (χ1v) is 11.9. The number of hydrogen-bond donors (Lipinski definition) is 4. The summed E-state index contributed by atoms with van der Waals surface area (Å²) in [6.07, 6.45) is 4.48. The fraction of sp³-hybridized carbons (Fsp3) is 0.600. The molecule has 2 rings (SSSR count). The molecule has 0 fully saturated rings. The third-order valence-corrected chi connectivity index (χ3v) is 5.80. The number of allylic oxidation sites excluding steroid dienone is 1. The molecule has 8 nitrogen and oxygen atoms in total. The standard InChI is InChI=1S/C25H39N3O5/c1-4-32-25-18(10-9-15-29)19(17(2)3)16-22(33-25)24(31)27-14-8-7-13-23(30)28-21-12-6-5-11-20(21)26/h5-6,11-12,16-19,25,29H,4,7-10,13-15,26H2,1-3H3,(H,27,31)(H,28,30). The van der Waals surface area contributed by atoms with Crippen molar-refractivity contribution in [1.29, 1.82) is 0 Å². The lowest BCUT2D eigenvalue weighted by Gasteiger charge is -2.38. The predicted octanol–water partition coefficient (Wildman–Crippen LogP) is 3.43. The second kappa shape index (κ2) is 13.9. The molecule has 184 valence electrons. The van der Waals surface area contributed by atoms with E-state index in [9.17, 15) is 14.7 Å². The van der Waals surface area contributed by atoms with Crippen LogP contribution in [-0.4, -0.2) is 43.0 Å². The van der Waals surface area contributed by atoms with Crippen LogP contribution in [0.2, 0.25) is 0 Å². The molecular weight excluding hydrogens is 422 g/mol. The molecule has 0 saturated carbocycles. The SMILES string of the molecule is CCOC1OC(C(=O)NCCCCC(=O)Nc2ccccc2N)=CC(C(C)C)C1CCCO. The van der Waals surface area contributed by atoms with Crippen molar-refractivity contribution < 1.29 is 24.2 Å². The van der Waals surface area contributed by atoms with Gasteiger partial charge in [-0.1, -0.05) is 26.0 Å². The molecule has 3 atom stereocenters. The van der Waals surface area contributed by atoms with Gasteiger partial charge in [-0.15, -0.1) is 0 Å². The van der Waals surface area contributed by atoms with E-state index in [1.807, 2.05) is 25.1 Å². The molecule has 5 N–H and O–H groups in total. The summed E-state index contributed by atoms with van der Waals surface area (Å²) in [4.78, 5) is 24.8. The quantitative estimate of drug-likeness (QED) is 0.264. The van der Waals surface area contributed by atoms with E-state index in [0.717, 1.165) is 6.42 Å². The first-order valence-electron chi connectivity index (χ1n) is 11.9. The highest BCUT2D eigenvalue weighted by Gasteiger charge is 2.38. The number of amides is 2. The van der Waals surface area contributed by atoms with E-state index in [-0.39, 0.29) is 36.0 Å². The second-order valence-electron chi connectivity index (χ2n) is 8.67. The minimum atomic E-state index is -0.506. The fourth-order valence-electron chi connectivity index (χ4n) is 4.05. The zero-order valence-electron chi connectivity index (χ0n) is 20.0. The maximum atomic E-state index is 12.7. The summed E-state index contributed by atoms with van der Waals surface area (Å²) in [5.74, 6) is 0.422. The predicted molar refractivity (Wildman–Crippen MR) is 129 cm³/mol. The van der Waals surface area contributed by atoms with Gasteiger partial charge in [0.05, 0.1) is 11.4 Å². The first kappa shape index (κ1) is 26.7. The zero-order chi connectivity index (χ0) is 24.2. The van der Waals surface area contributed by atoms with Gasteiger partial charge < -0.3 is 30.9 Å². The molecule has 2 amide bonds. The Bertz CT molecular complexity index is 796. The molecule has 0 aliphatic carbocycles. The lowest BCUT2D eigenvalue weighted by molar-refractivity contribution is -0.175. The zero-order valence-corrected chi connectivity index (χ0v) is 20.0. The van der Waals surface area contributed by atoms with Gasteiger partial charge in [-0.25, -0.2) is 0 Å². The second-order valence-corrected chi connectivity index (χ2v) is 8.67. The molecule has 0 bridgehead atoms. The van der Waals surface area contributed by atoms with Crippen molar-refractivity contribution in [2.45, 2.75) is 59.2 Å². The monoisotopic (exact) mass is 461 g/mol. The van der Waals surface area contributed by atoms with Gasteiger partial charge in [-0.3, -0.25) is 9.59 Å². The number of hydrogen-bond acceptors (Lipinski definition) is 6. The van der Waals surface area contributed by atoms with Gasteiger partial charge >= 0.3 is 0 Å². The van der Waals surface area contributed by atoms with Gasteiger partial charge in [0.25, 0.3) is 5.91 Å². The maximum Gasteiger partial charge on any atom is 0.286 e. The van der Waals surface area contributed by atoms with E-state index in [4.69, 9.17) is 15.2 Å². The van der Waals surface area contributed by atoms with Crippen molar-refractivity contribution in [3.8, 4) is 0 Å². The number of unbranched alkanes of at least 4 members (excludes halogenated alkanes) is 1. The van der Waals surface area contributed by atoms with E-state index in [0.29, 0.717) is 56.1 Å². The Labute approximate surface area is 196 Å². The van der Waals surface area contributed by atoms with Gasteiger partial charge in [-0.05, 0) is 62.7 Å². The topological polar surface area (TPSA) is 123 Å². The highest BCUT2D eigenvalue weighted by molar-refractivity contribution is 5.93. The number of para-hydroxylation sites is 2. The minimum absolute atomic E-state index is 0.0887. The molecule has 3 unspecified atom stereocenters. The van der Waals surface area contributed by atoms with Crippen LogP contribution in [0.4, 0.5) is 11.4 Å². The average Bonchev–Trinajstić information content (AvgIpc) is 2.79. The molecule has 0 radical (unpaired) electrons. The van der Waals surface area contributed by atoms with E-state index in [1.165, 1.54) is 0 Å². The molecule has 1 aliphatic heterocycles. The summed E-state index contributed by atoms with van der Waals surface area (Å²) in [7, 11) is 0. The van der Waals surface area contributed by atoms with Crippen LogP contribution in [0.25, 0.3) is 0 Å². The smallest absolute Gasteiger partial charge is 0.286 e. The Kier molecular flexibility index (Phi) is 11.2. The van der Waals surface area contributed by atoms with Crippen LogP contribution in [0.5, 0.6) is 0 Å². The number of carbonyl (C=O) groups is 2. The van der Waals surface area contributed by atoms with E-state index in [1.54, 1.807) is 12.1 Å². The van der Waals surface area contributed by atoms with Crippen molar-refractivity contribution in [3.63, 3.8) is 0 Å². The van der Waals surface area contributed by atoms with Crippen molar-refractivity contribution >= 4 is 23.2 Å². The van der Waals surface area contributed by atoms with Crippen molar-refractivity contribution in [2.24, 2.45) is 17.8 Å². The number of nitrogen functional groups attached to an aromatic ring is 1. The summed E-state index contributed by atoms with van der Waals surface area (Å²) >= 11 is 0. The number of aliphatic hydroxyl groups excluding tert-OH is 1. The van der Waals surface area contributed by atoms with Crippen molar-refractivity contribution in [3.05, 3.63) is 36.1 Å². The average molecular weight is 462 g/mol. The summed E-state index contributed by atoms with van der Waals surface area (Å²) in [6.45, 7) is 7.18. The van der Waals surface area contributed by atoms with Crippen LogP contribution >= 0.6 is 0 Å². The minimum Gasteiger partial charge on any atom is -0.459 e. The summed E-state index contributed by atoms with van der Waals surface area (Å²) in [6, 6.07) is 7.13. The Morgan fingerprint density at radius 1 is 1.21 bits per heavy atom. The third kappa shape index (κ3) is 8.37. The number of anilines is 2. The van der Waals surface area contributed by atoms with Crippen LogP contribution in [0, 0.1) is 17.8 Å². The highest BCUT2D eigenvalue weighted by atomic mass is 16.7. The summed E-state index contributed by atoms with van der Waals surface area (Å²) < 4.78 is 11.7. The Morgan fingerprint density at radius 3 is 2.64 bits per heavy atom. The largest absolute Gasteiger partial charge is 0.459 e. The Balaban J connectivity index is 1.83. The first-order chi connectivity index (χ1) is 15.9. The van der Waals surface area contributed by atoms with Gasteiger partial charge in [0.1, 0.15) is 0 Å². The van der Waals surface area contributed by atoms with Gasteiger partial charge in [-0.2, -0.15) is 0 Å². The number of nitrogens with two attached hydrogens (primary N) is 1. The molecule has 1 aromatic rings. The molecular formula is C25H39N3O5. The number of benzene rings is 1. The third-order valence-electron chi connectivity index (χ3n) is 5.80. The summed E-state index contributed by atoms with van der Waals surface area (Å²) in [5.41, 5.74) is 6.98. The number of ether oxygens (including phenoxy) is 2. The highest BCUT2D eigenvalue weighted by Crippen LogP contribution is 2.37. The fourth-order valence-corrected chi connectivity index (χ4v) is 4.05. The van der Waals surface area contributed by atoms with Crippen molar-refractivity contribution in [2.75, 3.05) is 30.8 Å². The molecule has 0 spiro atoms. The molecule has 33 heavy (non-hydrogen) atoms. The number of carbonyl (C=O) groups excluding carboxylic acids is 2. The van der Waals surface area contributed by atoms with Gasteiger partial charge in [0.2, 0.25) is 12.2 Å². The number of aliphatic hydroxyl groups is 1. The summed E-state index contributed by atoms with van der Waals surface area (Å²) in [5, 5.41) is 14.9. The maximum absolute atomic E-state index is 12.7. The van der Waals surface area contributed by atoms with E-state index < -0.39 is 6.29 Å². The van der Waals surface area contributed by atoms with Crippen molar-refractivity contribution in [1.82, 2.24) is 5.32 Å². The molecule has 0 saturated heterocycles. The van der Waals surface area contributed by atoms with Crippen LogP contribution in [0.15, 0.2) is 36.1 Å². The van der Waals surface area contributed by atoms with Crippen LogP contribution in [0.3, 0.4) is 0 Å². The van der Waals surface area contributed by atoms with Gasteiger partial charge in [0, 0.05) is 32.1 Å². The van der Waals surface area contributed by atoms with Crippen LogP contribution < -0.4 is 16.4 Å². The molecule has 1 aliphatic rings. The van der Waals surface area contributed by atoms with E-state index in [2.05, 4.69) is 24.5 Å². The molecule has 1 heterocycles. The van der Waals surface area contributed by atoms with Crippen LogP contribution in [-0.2, 0) is 19.1 Å². The Morgan fingerprint density at radius 2 is 1.97 bits per heavy atom. The van der Waals surface area contributed by atoms with E-state index >= 15 is 0 Å². The normalized spacial score (nSPS) is 20.2. The lowest BCUT2D eigenvalue weighted by Crippen LogP contribution is -2.41. The lowest BCUT2D eigenvalue weighted by atomic mass is 9.78. The molecule has 0 aromatic heterocycles. The van der Waals surface area contributed by atoms with Crippen LogP contribution in [0.1, 0.15) is 52.9 Å². The number of nitrogens with one attached hydrogen (secondary N) is 2. The number of rotatable bonds is 13.